The lowest BCUT2D eigenvalue weighted by molar-refractivity contribution is -0.146. The molecule has 128 valence electrons. The number of ether oxygens (including phenoxy) is 1. The van der Waals surface area contributed by atoms with Gasteiger partial charge in [0, 0.05) is 37.8 Å². The van der Waals surface area contributed by atoms with Crippen molar-refractivity contribution in [3.05, 3.63) is 29.3 Å². The molecule has 0 spiro atoms. The topological polar surface area (TPSA) is 66.9 Å². The third-order valence-electron chi connectivity index (χ3n) is 4.92. The van der Waals surface area contributed by atoms with Gasteiger partial charge in [0.25, 0.3) is 5.91 Å². The number of fused-ring (bicyclic) bond motifs is 1. The van der Waals surface area contributed by atoms with Crippen LogP contribution in [0.15, 0.2) is 18.2 Å². The van der Waals surface area contributed by atoms with E-state index in [9.17, 15) is 14.4 Å². The summed E-state index contributed by atoms with van der Waals surface area (Å²) in [6.07, 6.45) is 2.06. The van der Waals surface area contributed by atoms with Crippen LogP contribution in [0.3, 0.4) is 0 Å². The summed E-state index contributed by atoms with van der Waals surface area (Å²) in [5, 5.41) is 0. The predicted octanol–water partition coefficient (Wildman–Crippen LogP) is 1.62. The number of likely N-dealkylation sites (tertiary alicyclic amines) is 1. The lowest BCUT2D eigenvalue weighted by atomic mass is 9.96. The van der Waals surface area contributed by atoms with Crippen molar-refractivity contribution in [2.45, 2.75) is 26.2 Å². The minimum absolute atomic E-state index is 0.0117. The van der Waals surface area contributed by atoms with Crippen molar-refractivity contribution < 1.29 is 19.1 Å². The highest BCUT2D eigenvalue weighted by molar-refractivity contribution is 5.98. The van der Waals surface area contributed by atoms with Gasteiger partial charge in [0.2, 0.25) is 5.91 Å². The van der Waals surface area contributed by atoms with Crippen LogP contribution in [0.2, 0.25) is 0 Å². The maximum Gasteiger partial charge on any atom is 0.308 e. The van der Waals surface area contributed by atoms with Crippen LogP contribution in [0.4, 0.5) is 5.69 Å². The molecule has 1 aromatic carbocycles. The second-order valence-electron chi connectivity index (χ2n) is 6.35. The number of carbonyl (C=O) groups is 3. The van der Waals surface area contributed by atoms with Gasteiger partial charge >= 0.3 is 5.97 Å². The highest BCUT2D eigenvalue weighted by Gasteiger charge is 2.29. The standard InChI is InChI=1S/C18H22N2O4/c1-12(21)20-10-7-14-11-15(3-4-16(14)20)17(22)19-8-5-13(6-9-19)18(23)24-2/h3-4,11,13H,5-10H2,1-2H3. The van der Waals surface area contributed by atoms with Gasteiger partial charge in [-0.2, -0.15) is 0 Å². The zero-order chi connectivity index (χ0) is 17.3. The molecule has 0 aromatic heterocycles. The van der Waals surface area contributed by atoms with Crippen LogP contribution in [0, 0.1) is 5.92 Å². The van der Waals surface area contributed by atoms with Crippen LogP contribution in [0.5, 0.6) is 0 Å². The number of piperidine rings is 1. The van der Waals surface area contributed by atoms with Gasteiger partial charge in [-0.3, -0.25) is 14.4 Å². The first-order valence-corrected chi connectivity index (χ1v) is 8.29. The predicted molar refractivity (Wildman–Crippen MR) is 88.8 cm³/mol. The molecule has 2 aliphatic rings. The zero-order valence-electron chi connectivity index (χ0n) is 14.1. The minimum atomic E-state index is -0.191. The number of nitrogens with zero attached hydrogens (tertiary/aromatic N) is 2. The molecule has 0 unspecified atom stereocenters. The molecule has 2 aliphatic heterocycles. The molecule has 24 heavy (non-hydrogen) atoms. The maximum absolute atomic E-state index is 12.7. The largest absolute Gasteiger partial charge is 0.469 e. The Bertz CT molecular complexity index is 678. The molecular formula is C18H22N2O4. The van der Waals surface area contributed by atoms with Crippen LogP contribution < -0.4 is 4.90 Å². The van der Waals surface area contributed by atoms with Gasteiger partial charge in [-0.15, -0.1) is 0 Å². The van der Waals surface area contributed by atoms with Crippen LogP contribution in [0.1, 0.15) is 35.7 Å². The number of carbonyl (C=O) groups excluding carboxylic acids is 3. The highest BCUT2D eigenvalue weighted by atomic mass is 16.5. The van der Waals surface area contributed by atoms with Crippen molar-refractivity contribution >= 4 is 23.5 Å². The van der Waals surface area contributed by atoms with Gasteiger partial charge in [-0.1, -0.05) is 0 Å². The normalized spacial score (nSPS) is 17.6. The molecule has 0 radical (unpaired) electrons. The van der Waals surface area contributed by atoms with E-state index < -0.39 is 0 Å². The molecule has 1 fully saturated rings. The fraction of sp³-hybridized carbons (Fsp3) is 0.500. The SMILES string of the molecule is COC(=O)C1CCN(C(=O)c2ccc3c(c2)CCN3C(C)=O)CC1. The van der Waals surface area contributed by atoms with Crippen molar-refractivity contribution in [3.8, 4) is 0 Å². The number of benzene rings is 1. The molecule has 0 saturated carbocycles. The zero-order valence-corrected chi connectivity index (χ0v) is 14.1. The number of anilines is 1. The van der Waals surface area contributed by atoms with Crippen molar-refractivity contribution in [1.82, 2.24) is 4.90 Å². The van der Waals surface area contributed by atoms with Crippen molar-refractivity contribution in [3.63, 3.8) is 0 Å². The van der Waals surface area contributed by atoms with E-state index in [2.05, 4.69) is 0 Å². The summed E-state index contributed by atoms with van der Waals surface area (Å²) < 4.78 is 4.78. The molecule has 2 amide bonds. The molecule has 1 aromatic rings. The average Bonchev–Trinajstić information content (AvgIpc) is 3.04. The first-order chi connectivity index (χ1) is 11.5. The summed E-state index contributed by atoms with van der Waals surface area (Å²) in [4.78, 5) is 39.4. The molecule has 0 aliphatic carbocycles. The van der Waals surface area contributed by atoms with Crippen LogP contribution in [-0.4, -0.2) is 49.4 Å². The smallest absolute Gasteiger partial charge is 0.308 e. The van der Waals surface area contributed by atoms with E-state index in [0.717, 1.165) is 17.7 Å². The summed E-state index contributed by atoms with van der Waals surface area (Å²) in [6.45, 7) is 3.36. The number of methoxy groups -OCH3 is 1. The molecule has 0 atom stereocenters. The van der Waals surface area contributed by atoms with Gasteiger partial charge in [0.05, 0.1) is 13.0 Å². The van der Waals surface area contributed by atoms with Crippen LogP contribution in [-0.2, 0) is 20.7 Å². The second-order valence-corrected chi connectivity index (χ2v) is 6.35. The molecule has 0 bridgehead atoms. The van der Waals surface area contributed by atoms with E-state index in [-0.39, 0.29) is 23.7 Å². The molecule has 6 nitrogen and oxygen atoms in total. The lowest BCUT2D eigenvalue weighted by Gasteiger charge is -2.30. The molecule has 3 rings (SSSR count). The Morgan fingerprint density at radius 2 is 1.83 bits per heavy atom. The van der Waals surface area contributed by atoms with Gasteiger partial charge in [0.15, 0.2) is 0 Å². The van der Waals surface area contributed by atoms with Crippen LogP contribution >= 0.6 is 0 Å². The van der Waals surface area contributed by atoms with E-state index in [1.165, 1.54) is 7.11 Å². The number of esters is 1. The highest BCUT2D eigenvalue weighted by Crippen LogP contribution is 2.29. The first-order valence-electron chi connectivity index (χ1n) is 8.29. The molecule has 1 saturated heterocycles. The van der Waals surface area contributed by atoms with Gasteiger partial charge in [-0.25, -0.2) is 0 Å². The lowest BCUT2D eigenvalue weighted by Crippen LogP contribution is -2.40. The fourth-order valence-electron chi connectivity index (χ4n) is 3.53. The number of amides is 2. The summed E-state index contributed by atoms with van der Waals surface area (Å²) in [5.41, 5.74) is 2.60. The number of hydrogen-bond donors (Lipinski definition) is 0. The van der Waals surface area contributed by atoms with Crippen molar-refractivity contribution in [1.29, 1.82) is 0 Å². The Hall–Kier alpha value is -2.37. The van der Waals surface area contributed by atoms with E-state index in [1.807, 2.05) is 12.1 Å². The monoisotopic (exact) mass is 330 g/mol. The van der Waals surface area contributed by atoms with Crippen molar-refractivity contribution in [2.24, 2.45) is 5.92 Å². The summed E-state index contributed by atoms with van der Waals surface area (Å²) in [5.74, 6) is -0.285. The Balaban J connectivity index is 1.69. The maximum atomic E-state index is 12.7. The van der Waals surface area contributed by atoms with E-state index in [1.54, 1.807) is 22.8 Å². The quantitative estimate of drug-likeness (QED) is 0.773. The molecule has 0 N–H and O–H groups in total. The Labute approximate surface area is 141 Å². The van der Waals surface area contributed by atoms with E-state index in [0.29, 0.717) is 38.0 Å². The van der Waals surface area contributed by atoms with E-state index in [4.69, 9.17) is 4.74 Å². The third-order valence-corrected chi connectivity index (χ3v) is 4.92. The van der Waals surface area contributed by atoms with Crippen molar-refractivity contribution in [2.75, 3.05) is 31.6 Å². The Morgan fingerprint density at radius 3 is 2.46 bits per heavy atom. The number of hydrogen-bond acceptors (Lipinski definition) is 4. The molecular weight excluding hydrogens is 308 g/mol. The Kier molecular flexibility index (Phi) is 4.55. The second kappa shape index (κ2) is 6.63. The third kappa shape index (κ3) is 3.00. The van der Waals surface area contributed by atoms with Gasteiger partial charge in [0.1, 0.15) is 0 Å². The van der Waals surface area contributed by atoms with Gasteiger partial charge < -0.3 is 14.5 Å². The number of rotatable bonds is 2. The van der Waals surface area contributed by atoms with Crippen LogP contribution in [0.25, 0.3) is 0 Å². The van der Waals surface area contributed by atoms with Gasteiger partial charge in [-0.05, 0) is 43.0 Å². The molecule has 2 heterocycles. The fourth-order valence-corrected chi connectivity index (χ4v) is 3.53. The summed E-state index contributed by atoms with van der Waals surface area (Å²) in [6, 6.07) is 5.54. The van der Waals surface area contributed by atoms with E-state index >= 15 is 0 Å². The molecule has 6 heteroatoms. The summed E-state index contributed by atoms with van der Waals surface area (Å²) in [7, 11) is 1.40. The minimum Gasteiger partial charge on any atom is -0.469 e. The first kappa shape index (κ1) is 16.5. The average molecular weight is 330 g/mol. The Morgan fingerprint density at radius 1 is 1.12 bits per heavy atom. The summed E-state index contributed by atoms with van der Waals surface area (Å²) >= 11 is 0.